The van der Waals surface area contributed by atoms with Crippen LogP contribution in [0.3, 0.4) is 0 Å². The number of hydrogen-bond donors (Lipinski definition) is 2. The van der Waals surface area contributed by atoms with Gasteiger partial charge in [-0.3, -0.25) is 15.3 Å². The quantitative estimate of drug-likeness (QED) is 0.279. The third kappa shape index (κ3) is 5.01. The standard InChI is InChI=1S/C24H20F3N5O2/c1-33-19-9-2-15(3-10-19)14-32(18-8-11-20(22(28)29)30-12-18)23-31-13-21(34-23)16-4-6-17(7-5-16)24(25,26)27/h2-13H,14H2,1H3,(H3,28,29). The number of rotatable bonds is 7. The number of pyridine rings is 1. The van der Waals surface area contributed by atoms with Crippen molar-refractivity contribution >= 4 is 17.5 Å². The molecule has 2 heterocycles. The molecule has 4 aromatic rings. The second-order valence-corrected chi connectivity index (χ2v) is 7.33. The van der Waals surface area contributed by atoms with Crippen molar-refractivity contribution in [3.63, 3.8) is 0 Å². The smallest absolute Gasteiger partial charge is 0.416 e. The summed E-state index contributed by atoms with van der Waals surface area (Å²) in [6.07, 6.45) is -1.42. The molecule has 2 aromatic carbocycles. The van der Waals surface area contributed by atoms with Crippen LogP contribution in [-0.4, -0.2) is 22.9 Å². The Morgan fingerprint density at radius 3 is 2.26 bits per heavy atom. The third-order valence-electron chi connectivity index (χ3n) is 5.06. The highest BCUT2D eigenvalue weighted by Crippen LogP contribution is 2.33. The number of anilines is 2. The fraction of sp³-hybridized carbons (Fsp3) is 0.125. The van der Waals surface area contributed by atoms with Gasteiger partial charge in [-0.2, -0.15) is 13.2 Å². The lowest BCUT2D eigenvalue weighted by molar-refractivity contribution is -0.137. The highest BCUT2D eigenvalue weighted by atomic mass is 19.4. The van der Waals surface area contributed by atoms with Crippen molar-refractivity contribution in [2.24, 2.45) is 5.73 Å². The minimum absolute atomic E-state index is 0.158. The number of aromatic nitrogens is 2. The Hall–Kier alpha value is -4.34. The number of methoxy groups -OCH3 is 1. The van der Waals surface area contributed by atoms with Crippen LogP contribution in [0.1, 0.15) is 16.8 Å². The van der Waals surface area contributed by atoms with E-state index in [1.165, 1.54) is 18.3 Å². The van der Waals surface area contributed by atoms with Gasteiger partial charge in [-0.05, 0) is 42.0 Å². The Labute approximate surface area is 193 Å². The largest absolute Gasteiger partial charge is 0.497 e. The summed E-state index contributed by atoms with van der Waals surface area (Å²) in [4.78, 5) is 10.3. The van der Waals surface area contributed by atoms with Gasteiger partial charge in [0.15, 0.2) is 5.76 Å². The summed E-state index contributed by atoms with van der Waals surface area (Å²) in [5.41, 5.74) is 7.09. The number of ether oxygens (including phenoxy) is 1. The number of nitrogen functional groups attached to an aromatic ring is 1. The van der Waals surface area contributed by atoms with Gasteiger partial charge in [0, 0.05) is 5.56 Å². The molecule has 0 saturated carbocycles. The van der Waals surface area contributed by atoms with Crippen LogP contribution in [-0.2, 0) is 12.7 Å². The molecule has 34 heavy (non-hydrogen) atoms. The third-order valence-corrected chi connectivity index (χ3v) is 5.06. The minimum atomic E-state index is -4.42. The minimum Gasteiger partial charge on any atom is -0.497 e. The van der Waals surface area contributed by atoms with Crippen LogP contribution in [0.25, 0.3) is 11.3 Å². The molecule has 0 unspecified atom stereocenters. The van der Waals surface area contributed by atoms with Gasteiger partial charge < -0.3 is 14.9 Å². The molecule has 0 atom stereocenters. The average Bonchev–Trinajstić information content (AvgIpc) is 3.32. The molecule has 174 valence electrons. The zero-order valence-electron chi connectivity index (χ0n) is 18.0. The number of nitrogens with one attached hydrogen (secondary N) is 1. The van der Waals surface area contributed by atoms with Crippen molar-refractivity contribution in [2.75, 3.05) is 12.0 Å². The SMILES string of the molecule is COc1ccc(CN(c2ccc(C(=N)N)nc2)c2ncc(-c3ccc(C(F)(F)F)cc3)o2)cc1. The van der Waals surface area contributed by atoms with Crippen LogP contribution in [0.15, 0.2) is 77.5 Å². The zero-order chi connectivity index (χ0) is 24.3. The summed E-state index contributed by atoms with van der Waals surface area (Å²) in [5, 5.41) is 7.54. The molecule has 3 N–H and O–H groups in total. The van der Waals surface area contributed by atoms with E-state index in [0.29, 0.717) is 35.0 Å². The molecule has 0 aliphatic rings. The van der Waals surface area contributed by atoms with Crippen molar-refractivity contribution in [3.05, 3.63) is 89.9 Å². The Morgan fingerprint density at radius 2 is 1.71 bits per heavy atom. The molecule has 7 nitrogen and oxygen atoms in total. The average molecular weight is 467 g/mol. The first-order chi connectivity index (χ1) is 16.2. The van der Waals surface area contributed by atoms with Crippen LogP contribution in [0.4, 0.5) is 24.9 Å². The van der Waals surface area contributed by atoms with E-state index in [2.05, 4.69) is 9.97 Å². The maximum atomic E-state index is 12.9. The lowest BCUT2D eigenvalue weighted by Gasteiger charge is -2.21. The molecular weight excluding hydrogens is 447 g/mol. The van der Waals surface area contributed by atoms with Gasteiger partial charge in [0.1, 0.15) is 17.3 Å². The molecule has 10 heteroatoms. The van der Waals surface area contributed by atoms with Crippen molar-refractivity contribution in [2.45, 2.75) is 12.7 Å². The Balaban J connectivity index is 1.67. The van der Waals surface area contributed by atoms with Gasteiger partial charge in [-0.25, -0.2) is 4.98 Å². The number of nitrogens with two attached hydrogens (primary N) is 1. The highest BCUT2D eigenvalue weighted by molar-refractivity contribution is 5.93. The maximum Gasteiger partial charge on any atom is 0.416 e. The van der Waals surface area contributed by atoms with Crippen LogP contribution in [0, 0.1) is 5.41 Å². The molecule has 4 rings (SSSR count). The number of halogens is 3. The van der Waals surface area contributed by atoms with Crippen LogP contribution in [0.5, 0.6) is 5.75 Å². The molecule has 0 bridgehead atoms. The molecule has 0 amide bonds. The predicted molar refractivity (Wildman–Crippen MR) is 121 cm³/mol. The van der Waals surface area contributed by atoms with Gasteiger partial charge >= 0.3 is 12.2 Å². The van der Waals surface area contributed by atoms with Crippen LogP contribution < -0.4 is 15.4 Å². The second kappa shape index (κ2) is 9.26. The first-order valence-corrected chi connectivity index (χ1v) is 10.1. The summed E-state index contributed by atoms with van der Waals surface area (Å²) >= 11 is 0. The number of nitrogens with zero attached hydrogens (tertiary/aromatic N) is 3. The highest BCUT2D eigenvalue weighted by Gasteiger charge is 2.30. The number of alkyl halides is 3. The van der Waals surface area contributed by atoms with Crippen molar-refractivity contribution < 1.29 is 22.3 Å². The summed E-state index contributed by atoms with van der Waals surface area (Å²) in [6.45, 7) is 0.359. The number of oxazole rings is 1. The molecule has 0 spiro atoms. The van der Waals surface area contributed by atoms with E-state index in [1.54, 1.807) is 30.3 Å². The monoisotopic (exact) mass is 467 g/mol. The van der Waals surface area contributed by atoms with E-state index < -0.39 is 11.7 Å². The van der Waals surface area contributed by atoms with E-state index in [9.17, 15) is 13.2 Å². The van der Waals surface area contributed by atoms with E-state index in [4.69, 9.17) is 20.3 Å². The molecule has 0 aliphatic heterocycles. The van der Waals surface area contributed by atoms with Crippen molar-refractivity contribution in [1.82, 2.24) is 9.97 Å². The molecular formula is C24H20F3N5O2. The van der Waals surface area contributed by atoms with Gasteiger partial charge in [-0.15, -0.1) is 0 Å². The summed E-state index contributed by atoms with van der Waals surface area (Å²) in [5.74, 6) is 0.870. The van der Waals surface area contributed by atoms with E-state index in [0.717, 1.165) is 17.7 Å². The Bertz CT molecular complexity index is 1270. The zero-order valence-corrected chi connectivity index (χ0v) is 18.0. The van der Waals surface area contributed by atoms with Crippen molar-refractivity contribution in [1.29, 1.82) is 5.41 Å². The molecule has 0 fully saturated rings. The van der Waals surface area contributed by atoms with Crippen LogP contribution >= 0.6 is 0 Å². The van der Waals surface area contributed by atoms with E-state index in [-0.39, 0.29) is 11.9 Å². The van der Waals surface area contributed by atoms with Gasteiger partial charge in [0.2, 0.25) is 0 Å². The van der Waals surface area contributed by atoms with Gasteiger partial charge in [0.25, 0.3) is 0 Å². The fourth-order valence-corrected chi connectivity index (χ4v) is 3.23. The van der Waals surface area contributed by atoms with Crippen LogP contribution in [0.2, 0.25) is 0 Å². The normalized spacial score (nSPS) is 11.3. The fourth-order valence-electron chi connectivity index (χ4n) is 3.23. The molecule has 2 aromatic heterocycles. The first kappa shape index (κ1) is 22.8. The lowest BCUT2D eigenvalue weighted by atomic mass is 10.1. The first-order valence-electron chi connectivity index (χ1n) is 10.1. The Morgan fingerprint density at radius 1 is 1.00 bits per heavy atom. The number of hydrogen-bond acceptors (Lipinski definition) is 6. The molecule has 0 radical (unpaired) electrons. The lowest BCUT2D eigenvalue weighted by Crippen LogP contribution is -2.18. The number of benzene rings is 2. The topological polar surface area (TPSA) is 101 Å². The second-order valence-electron chi connectivity index (χ2n) is 7.33. The summed E-state index contributed by atoms with van der Waals surface area (Å²) in [6, 6.07) is 15.7. The summed E-state index contributed by atoms with van der Waals surface area (Å²) in [7, 11) is 1.58. The summed E-state index contributed by atoms with van der Waals surface area (Å²) < 4.78 is 49.8. The van der Waals surface area contributed by atoms with E-state index >= 15 is 0 Å². The number of amidine groups is 1. The van der Waals surface area contributed by atoms with Gasteiger partial charge in [0.05, 0.1) is 37.3 Å². The Kier molecular flexibility index (Phi) is 6.22. The van der Waals surface area contributed by atoms with Gasteiger partial charge in [-0.1, -0.05) is 24.3 Å². The molecule has 0 aliphatic carbocycles. The maximum absolute atomic E-state index is 12.9. The van der Waals surface area contributed by atoms with Crippen molar-refractivity contribution in [3.8, 4) is 17.1 Å². The molecule has 0 saturated heterocycles. The predicted octanol–water partition coefficient (Wildman–Crippen LogP) is 5.39. The van der Waals surface area contributed by atoms with E-state index in [1.807, 2.05) is 24.3 Å².